The lowest BCUT2D eigenvalue weighted by molar-refractivity contribution is 0.477. The summed E-state index contributed by atoms with van der Waals surface area (Å²) in [7, 11) is 0. The average molecular weight is 350 g/mol. The minimum Gasteiger partial charge on any atom is -0.342 e. The Morgan fingerprint density at radius 1 is 0.923 bits per heavy atom. The van der Waals surface area contributed by atoms with Crippen molar-refractivity contribution in [1.82, 2.24) is 9.55 Å². The van der Waals surface area contributed by atoms with Crippen molar-refractivity contribution in [1.29, 1.82) is 0 Å². The second kappa shape index (κ2) is 7.14. The summed E-state index contributed by atoms with van der Waals surface area (Å²) in [6.45, 7) is 15.3. The average Bonchev–Trinajstić information content (AvgIpc) is 2.89. The maximum Gasteiger partial charge on any atom is 0.140 e. The van der Waals surface area contributed by atoms with Gasteiger partial charge in [0, 0.05) is 28.5 Å². The first kappa shape index (κ1) is 18.5. The third-order valence-electron chi connectivity index (χ3n) is 5.39. The number of aromatic nitrogens is 2. The lowest BCUT2D eigenvalue weighted by atomic mass is 10.0. The first-order valence-corrected chi connectivity index (χ1v) is 9.69. The third-order valence-corrected chi connectivity index (χ3v) is 5.39. The van der Waals surface area contributed by atoms with E-state index in [0.29, 0.717) is 6.04 Å². The molecule has 0 aliphatic rings. The van der Waals surface area contributed by atoms with Crippen LogP contribution in [0.3, 0.4) is 0 Å². The van der Waals surface area contributed by atoms with Crippen molar-refractivity contribution in [3.8, 4) is 0 Å². The Hall–Kier alpha value is -2.29. The minimum atomic E-state index is 0.532. The van der Waals surface area contributed by atoms with Crippen LogP contribution >= 0.6 is 0 Å². The number of aryl methyl sites for hydroxylation is 5. The molecular formula is C23H31N3. The molecule has 1 aromatic carbocycles. The second-order valence-electron chi connectivity index (χ2n) is 7.57. The molecule has 138 valence electrons. The molecule has 0 saturated heterocycles. The van der Waals surface area contributed by atoms with Crippen LogP contribution in [0.1, 0.15) is 60.8 Å². The molecule has 2 heterocycles. The van der Waals surface area contributed by atoms with Gasteiger partial charge in [-0.15, -0.1) is 0 Å². The first-order valence-electron chi connectivity index (χ1n) is 9.69. The monoisotopic (exact) mass is 349 g/mol. The van der Waals surface area contributed by atoms with Gasteiger partial charge in [-0.2, -0.15) is 0 Å². The van der Waals surface area contributed by atoms with E-state index < -0.39 is 0 Å². The largest absolute Gasteiger partial charge is 0.342 e. The summed E-state index contributed by atoms with van der Waals surface area (Å²) in [6.07, 6.45) is 2.28. The Labute approximate surface area is 157 Å². The fraction of sp³-hybridized carbons (Fsp3) is 0.435. The maximum absolute atomic E-state index is 4.84. The van der Waals surface area contributed by atoms with E-state index in [2.05, 4.69) is 82.6 Å². The van der Waals surface area contributed by atoms with Gasteiger partial charge in [0.25, 0.3) is 0 Å². The second-order valence-corrected chi connectivity index (χ2v) is 7.57. The van der Waals surface area contributed by atoms with Crippen molar-refractivity contribution in [3.05, 3.63) is 52.3 Å². The Balaban J connectivity index is 2.18. The summed E-state index contributed by atoms with van der Waals surface area (Å²) < 4.78 is 2.49. The van der Waals surface area contributed by atoms with Gasteiger partial charge in [-0.05, 0) is 70.7 Å². The van der Waals surface area contributed by atoms with Crippen molar-refractivity contribution in [2.45, 2.75) is 67.3 Å². The lowest BCUT2D eigenvalue weighted by Gasteiger charge is -2.19. The molecule has 3 rings (SSSR count). The molecule has 3 nitrogen and oxygen atoms in total. The molecule has 0 amide bonds. The smallest absolute Gasteiger partial charge is 0.140 e. The van der Waals surface area contributed by atoms with Gasteiger partial charge in [-0.3, -0.25) is 0 Å². The van der Waals surface area contributed by atoms with Gasteiger partial charge in [-0.25, -0.2) is 4.98 Å². The van der Waals surface area contributed by atoms with E-state index in [9.17, 15) is 0 Å². The van der Waals surface area contributed by atoms with E-state index in [0.717, 1.165) is 24.4 Å². The highest BCUT2D eigenvalue weighted by molar-refractivity contribution is 5.93. The number of anilines is 2. The molecule has 0 unspecified atom stereocenters. The van der Waals surface area contributed by atoms with Gasteiger partial charge in [-0.1, -0.05) is 31.5 Å². The van der Waals surface area contributed by atoms with Crippen LogP contribution in [0.4, 0.5) is 11.5 Å². The van der Waals surface area contributed by atoms with Crippen molar-refractivity contribution in [3.63, 3.8) is 0 Å². The molecule has 26 heavy (non-hydrogen) atoms. The van der Waals surface area contributed by atoms with Gasteiger partial charge in [0.1, 0.15) is 5.82 Å². The standard InChI is InChI=1S/C23H31N3/c1-8-19(9-2)26-18(7)13-20-21(26)12-17(6)24-23(20)25-22-15(4)10-14(3)11-16(22)5/h10-13,19H,8-9H2,1-7H3,(H,24,25). The van der Waals surface area contributed by atoms with Crippen molar-refractivity contribution < 1.29 is 0 Å². The van der Waals surface area contributed by atoms with E-state index in [-0.39, 0.29) is 0 Å². The number of hydrogen-bond acceptors (Lipinski definition) is 2. The maximum atomic E-state index is 4.84. The number of benzene rings is 1. The molecule has 3 aromatic rings. The fourth-order valence-corrected chi connectivity index (χ4v) is 4.21. The Morgan fingerprint density at radius 2 is 1.54 bits per heavy atom. The van der Waals surface area contributed by atoms with Crippen molar-refractivity contribution in [2.75, 3.05) is 5.32 Å². The first-order chi connectivity index (χ1) is 12.3. The quantitative estimate of drug-likeness (QED) is 0.556. The molecule has 0 aliphatic carbocycles. The number of fused-ring (bicyclic) bond motifs is 1. The Bertz CT molecular complexity index is 923. The molecule has 1 N–H and O–H groups in total. The van der Waals surface area contributed by atoms with E-state index >= 15 is 0 Å². The number of rotatable bonds is 5. The molecule has 2 aromatic heterocycles. The van der Waals surface area contributed by atoms with Crippen molar-refractivity contribution >= 4 is 22.4 Å². The molecule has 0 saturated carbocycles. The van der Waals surface area contributed by atoms with Crippen LogP contribution < -0.4 is 5.32 Å². The van der Waals surface area contributed by atoms with Crippen LogP contribution in [-0.2, 0) is 0 Å². The van der Waals surface area contributed by atoms with Gasteiger partial charge in [0.15, 0.2) is 0 Å². The molecule has 0 spiro atoms. The molecule has 0 radical (unpaired) electrons. The number of hydrogen-bond donors (Lipinski definition) is 1. The van der Waals surface area contributed by atoms with Crippen LogP contribution in [0.2, 0.25) is 0 Å². The molecule has 0 aliphatic heterocycles. The van der Waals surface area contributed by atoms with E-state index in [1.807, 2.05) is 0 Å². The molecular weight excluding hydrogens is 318 g/mol. The zero-order valence-electron chi connectivity index (χ0n) is 17.2. The minimum absolute atomic E-state index is 0.532. The zero-order valence-corrected chi connectivity index (χ0v) is 17.2. The Kier molecular flexibility index (Phi) is 5.08. The van der Waals surface area contributed by atoms with Gasteiger partial charge < -0.3 is 9.88 Å². The predicted octanol–water partition coefficient (Wildman–Crippen LogP) is 6.68. The number of pyridine rings is 1. The molecule has 3 heteroatoms. The van der Waals surface area contributed by atoms with Gasteiger partial charge >= 0.3 is 0 Å². The van der Waals surface area contributed by atoms with E-state index in [1.165, 1.54) is 39.0 Å². The topological polar surface area (TPSA) is 29.9 Å². The zero-order chi connectivity index (χ0) is 19.0. The lowest BCUT2D eigenvalue weighted by Crippen LogP contribution is -2.08. The molecule has 0 atom stereocenters. The van der Waals surface area contributed by atoms with Crippen LogP contribution in [0.5, 0.6) is 0 Å². The van der Waals surface area contributed by atoms with Crippen LogP contribution in [0.25, 0.3) is 10.9 Å². The highest BCUT2D eigenvalue weighted by Gasteiger charge is 2.17. The van der Waals surface area contributed by atoms with E-state index in [4.69, 9.17) is 4.98 Å². The summed E-state index contributed by atoms with van der Waals surface area (Å²) in [4.78, 5) is 4.84. The third kappa shape index (κ3) is 3.23. The normalized spacial score (nSPS) is 11.5. The fourth-order valence-electron chi connectivity index (χ4n) is 4.21. The number of nitrogens with one attached hydrogen (secondary N) is 1. The van der Waals surface area contributed by atoms with Gasteiger partial charge in [0.05, 0.1) is 5.52 Å². The van der Waals surface area contributed by atoms with Crippen LogP contribution in [0.15, 0.2) is 24.3 Å². The summed E-state index contributed by atoms with van der Waals surface area (Å²) >= 11 is 0. The molecule has 0 bridgehead atoms. The summed E-state index contributed by atoms with van der Waals surface area (Å²) in [5.41, 5.74) is 8.62. The van der Waals surface area contributed by atoms with Crippen LogP contribution in [-0.4, -0.2) is 9.55 Å². The summed E-state index contributed by atoms with van der Waals surface area (Å²) in [5, 5.41) is 4.85. The van der Waals surface area contributed by atoms with Crippen LogP contribution in [0, 0.1) is 34.6 Å². The number of nitrogens with zero attached hydrogens (tertiary/aromatic N) is 2. The SMILES string of the molecule is CCC(CC)n1c(C)cc2c(Nc3c(C)cc(C)cc3C)nc(C)cc21. The summed E-state index contributed by atoms with van der Waals surface area (Å²) in [6, 6.07) is 9.48. The highest BCUT2D eigenvalue weighted by atomic mass is 15.1. The predicted molar refractivity (Wildman–Crippen MR) is 113 cm³/mol. The van der Waals surface area contributed by atoms with E-state index in [1.54, 1.807) is 0 Å². The van der Waals surface area contributed by atoms with Crippen molar-refractivity contribution in [2.24, 2.45) is 0 Å². The highest BCUT2D eigenvalue weighted by Crippen LogP contribution is 2.34. The molecule has 0 fully saturated rings. The van der Waals surface area contributed by atoms with Gasteiger partial charge in [0.2, 0.25) is 0 Å². The summed E-state index contributed by atoms with van der Waals surface area (Å²) in [5.74, 6) is 0.961. The Morgan fingerprint density at radius 3 is 2.12 bits per heavy atom.